The maximum atomic E-state index is 12.3. The molecule has 0 radical (unpaired) electrons. The lowest BCUT2D eigenvalue weighted by Crippen LogP contribution is -2.46. The molecule has 0 saturated carbocycles. The summed E-state index contributed by atoms with van der Waals surface area (Å²) in [6, 6.07) is 8.18. The lowest BCUT2D eigenvalue weighted by atomic mass is 10.0. The summed E-state index contributed by atoms with van der Waals surface area (Å²) in [4.78, 5) is 24.3. The van der Waals surface area contributed by atoms with Crippen LogP contribution >= 0.6 is 0 Å². The average Bonchev–Trinajstić information content (AvgIpc) is 2.44. The van der Waals surface area contributed by atoms with Crippen LogP contribution in [0.5, 0.6) is 0 Å². The van der Waals surface area contributed by atoms with E-state index in [2.05, 4.69) is 5.32 Å². The molecule has 2 atom stereocenters. The first-order chi connectivity index (χ1) is 9.86. The van der Waals surface area contributed by atoms with Gasteiger partial charge in [-0.3, -0.25) is 4.79 Å². The Morgan fingerprint density at radius 3 is 2.38 bits per heavy atom. The van der Waals surface area contributed by atoms with Gasteiger partial charge in [-0.15, -0.1) is 0 Å². The van der Waals surface area contributed by atoms with Crippen molar-refractivity contribution in [3.8, 4) is 6.07 Å². The third kappa shape index (κ3) is 4.60. The molecule has 0 bridgehead atoms. The highest BCUT2D eigenvalue weighted by molar-refractivity contribution is 5.98. The molecule has 1 aromatic rings. The van der Waals surface area contributed by atoms with Gasteiger partial charge in [0.25, 0.3) is 5.91 Å². The minimum atomic E-state index is -0.839. The van der Waals surface area contributed by atoms with Crippen molar-refractivity contribution in [3.63, 3.8) is 0 Å². The predicted molar refractivity (Wildman–Crippen MR) is 78.4 cm³/mol. The second-order valence-electron chi connectivity index (χ2n) is 5.22. The number of nitrogens with one attached hydrogen (secondary N) is 1. The van der Waals surface area contributed by atoms with Crippen molar-refractivity contribution in [2.45, 2.75) is 39.8 Å². The summed E-state index contributed by atoms with van der Waals surface area (Å²) >= 11 is 0. The van der Waals surface area contributed by atoms with E-state index in [0.717, 1.165) is 5.56 Å². The van der Waals surface area contributed by atoms with Crippen LogP contribution in [0.3, 0.4) is 0 Å². The fraction of sp³-hybridized carbons (Fsp3) is 0.438. The van der Waals surface area contributed by atoms with Crippen molar-refractivity contribution in [2.24, 2.45) is 5.92 Å². The van der Waals surface area contributed by atoms with E-state index in [1.165, 1.54) is 6.92 Å². The highest BCUT2D eigenvalue weighted by atomic mass is 16.5. The fourth-order valence-corrected chi connectivity index (χ4v) is 1.82. The summed E-state index contributed by atoms with van der Waals surface area (Å²) in [7, 11) is 0. The van der Waals surface area contributed by atoms with E-state index in [-0.39, 0.29) is 11.8 Å². The predicted octanol–water partition coefficient (Wildman–Crippen LogP) is 2.20. The summed E-state index contributed by atoms with van der Waals surface area (Å²) in [5.74, 6) is -1.06. The van der Waals surface area contributed by atoms with Gasteiger partial charge < -0.3 is 10.1 Å². The number of esters is 1. The Labute approximate surface area is 124 Å². The van der Waals surface area contributed by atoms with Crippen LogP contribution in [0.1, 0.15) is 36.7 Å². The van der Waals surface area contributed by atoms with Crippen molar-refractivity contribution in [2.75, 3.05) is 0 Å². The number of aryl methyl sites for hydroxylation is 1. The van der Waals surface area contributed by atoms with E-state index >= 15 is 0 Å². The van der Waals surface area contributed by atoms with E-state index in [9.17, 15) is 9.59 Å². The van der Waals surface area contributed by atoms with Gasteiger partial charge in [0.05, 0.1) is 0 Å². The maximum absolute atomic E-state index is 12.3. The summed E-state index contributed by atoms with van der Waals surface area (Å²) in [5, 5.41) is 11.4. The molecule has 1 amide bonds. The molecule has 0 aliphatic heterocycles. The standard InChI is InChI=1S/C16H20N2O3/c1-10(2)14(16(20)21-12(4)9-17)18-15(19)13-8-6-5-7-11(13)3/h5-8,10,12,14H,1-4H3,(H,18,19)/t12-,14-/m0/s1. The molecule has 5 nitrogen and oxygen atoms in total. The fourth-order valence-electron chi connectivity index (χ4n) is 1.82. The van der Waals surface area contributed by atoms with Gasteiger partial charge in [0.1, 0.15) is 12.1 Å². The molecule has 0 unspecified atom stereocenters. The van der Waals surface area contributed by atoms with Crippen LogP contribution in [0, 0.1) is 24.2 Å². The van der Waals surface area contributed by atoms with Crippen LogP contribution in [0.25, 0.3) is 0 Å². The number of benzene rings is 1. The van der Waals surface area contributed by atoms with E-state index in [4.69, 9.17) is 10.00 Å². The Bertz CT molecular complexity index is 561. The van der Waals surface area contributed by atoms with Gasteiger partial charge in [-0.2, -0.15) is 5.26 Å². The number of carbonyl (C=O) groups is 2. The Kier molecular flexibility index (Phi) is 5.92. The number of carbonyl (C=O) groups excluding carboxylic acids is 2. The van der Waals surface area contributed by atoms with Crippen molar-refractivity contribution >= 4 is 11.9 Å². The number of rotatable bonds is 5. The van der Waals surface area contributed by atoms with Gasteiger partial charge in [0.15, 0.2) is 6.10 Å². The minimum absolute atomic E-state index is 0.142. The molecule has 0 aliphatic rings. The molecule has 21 heavy (non-hydrogen) atoms. The summed E-state index contributed by atoms with van der Waals surface area (Å²) in [6.45, 7) is 6.93. The second-order valence-corrected chi connectivity index (χ2v) is 5.22. The zero-order chi connectivity index (χ0) is 16.0. The third-order valence-corrected chi connectivity index (χ3v) is 3.07. The van der Waals surface area contributed by atoms with Crippen LogP contribution in [-0.2, 0) is 9.53 Å². The second kappa shape index (κ2) is 7.44. The SMILES string of the molecule is Cc1ccccc1C(=O)N[C@H](C(=O)O[C@@H](C)C#N)C(C)C. The topological polar surface area (TPSA) is 79.2 Å². The quantitative estimate of drug-likeness (QED) is 0.842. The Balaban J connectivity index is 2.85. The molecular weight excluding hydrogens is 268 g/mol. The smallest absolute Gasteiger partial charge is 0.330 e. The number of hydrogen-bond acceptors (Lipinski definition) is 4. The average molecular weight is 288 g/mol. The van der Waals surface area contributed by atoms with Crippen LogP contribution in [0.4, 0.5) is 0 Å². The Morgan fingerprint density at radius 2 is 1.86 bits per heavy atom. The summed E-state index contributed by atoms with van der Waals surface area (Å²) in [5.41, 5.74) is 1.35. The van der Waals surface area contributed by atoms with Crippen LogP contribution < -0.4 is 5.32 Å². The summed E-state index contributed by atoms with van der Waals surface area (Å²) < 4.78 is 4.98. The normalized spacial score (nSPS) is 13.1. The molecule has 0 fully saturated rings. The molecular formula is C16H20N2O3. The minimum Gasteiger partial charge on any atom is -0.446 e. The zero-order valence-electron chi connectivity index (χ0n) is 12.7. The van der Waals surface area contributed by atoms with Crippen molar-refractivity contribution < 1.29 is 14.3 Å². The van der Waals surface area contributed by atoms with Gasteiger partial charge >= 0.3 is 5.97 Å². The van der Waals surface area contributed by atoms with Crippen LogP contribution in [-0.4, -0.2) is 24.0 Å². The van der Waals surface area contributed by atoms with Crippen LogP contribution in [0.2, 0.25) is 0 Å². The first-order valence-corrected chi connectivity index (χ1v) is 6.83. The zero-order valence-corrected chi connectivity index (χ0v) is 12.7. The molecule has 0 aliphatic carbocycles. The highest BCUT2D eigenvalue weighted by Crippen LogP contribution is 2.10. The molecule has 0 spiro atoms. The Morgan fingerprint density at radius 1 is 1.24 bits per heavy atom. The van der Waals surface area contributed by atoms with Crippen molar-refractivity contribution in [1.82, 2.24) is 5.32 Å². The molecule has 0 heterocycles. The monoisotopic (exact) mass is 288 g/mol. The van der Waals surface area contributed by atoms with Gasteiger partial charge in [0, 0.05) is 5.56 Å². The first-order valence-electron chi connectivity index (χ1n) is 6.83. The highest BCUT2D eigenvalue weighted by Gasteiger charge is 2.27. The largest absolute Gasteiger partial charge is 0.446 e. The molecule has 5 heteroatoms. The molecule has 1 N–H and O–H groups in total. The molecule has 112 valence electrons. The Hall–Kier alpha value is -2.35. The van der Waals surface area contributed by atoms with Gasteiger partial charge in [0.2, 0.25) is 0 Å². The van der Waals surface area contributed by atoms with E-state index in [1.54, 1.807) is 26.0 Å². The number of hydrogen-bond donors (Lipinski definition) is 1. The molecule has 1 aromatic carbocycles. The first kappa shape index (κ1) is 16.7. The van der Waals surface area contributed by atoms with Gasteiger partial charge in [-0.25, -0.2) is 4.79 Å². The van der Waals surface area contributed by atoms with Crippen LogP contribution in [0.15, 0.2) is 24.3 Å². The molecule has 1 rings (SSSR count). The van der Waals surface area contributed by atoms with Gasteiger partial charge in [-0.05, 0) is 31.4 Å². The van der Waals surface area contributed by atoms with E-state index in [0.29, 0.717) is 5.56 Å². The molecule has 0 saturated heterocycles. The lowest BCUT2D eigenvalue weighted by Gasteiger charge is -2.21. The van der Waals surface area contributed by atoms with Crippen molar-refractivity contribution in [1.29, 1.82) is 5.26 Å². The number of nitrogens with zero attached hydrogens (tertiary/aromatic N) is 1. The summed E-state index contributed by atoms with van der Waals surface area (Å²) in [6.07, 6.45) is -0.839. The number of nitriles is 1. The van der Waals surface area contributed by atoms with E-state index < -0.39 is 18.1 Å². The maximum Gasteiger partial charge on any atom is 0.330 e. The lowest BCUT2D eigenvalue weighted by molar-refractivity contribution is -0.149. The number of ether oxygens (including phenoxy) is 1. The van der Waals surface area contributed by atoms with Gasteiger partial charge in [-0.1, -0.05) is 32.0 Å². The number of amides is 1. The van der Waals surface area contributed by atoms with E-state index in [1.807, 2.05) is 25.1 Å². The third-order valence-electron chi connectivity index (χ3n) is 3.07. The molecule has 0 aromatic heterocycles. The van der Waals surface area contributed by atoms with Crippen molar-refractivity contribution in [3.05, 3.63) is 35.4 Å².